The summed E-state index contributed by atoms with van der Waals surface area (Å²) in [7, 11) is 3.56. The highest BCUT2D eigenvalue weighted by atomic mass is 16.5. The maximum Gasteiger partial charge on any atom is 0.243 e. The zero-order valence-electron chi connectivity index (χ0n) is 17.8. The van der Waals surface area contributed by atoms with E-state index < -0.39 is 0 Å². The van der Waals surface area contributed by atoms with Gasteiger partial charge in [0.25, 0.3) is 0 Å². The Morgan fingerprint density at radius 2 is 1.89 bits per heavy atom. The van der Waals surface area contributed by atoms with Crippen LogP contribution in [-0.2, 0) is 9.53 Å². The normalized spacial score (nSPS) is 35.6. The van der Waals surface area contributed by atoms with Crippen LogP contribution in [0.1, 0.15) is 59.3 Å². The molecule has 3 rings (SSSR count). The van der Waals surface area contributed by atoms with Crippen molar-refractivity contribution in [1.29, 1.82) is 0 Å². The van der Waals surface area contributed by atoms with E-state index in [1.165, 1.54) is 32.1 Å². The molecule has 5 atom stereocenters. The van der Waals surface area contributed by atoms with Crippen molar-refractivity contribution in [3.8, 4) is 0 Å². The molecule has 6 nitrogen and oxygen atoms in total. The summed E-state index contributed by atoms with van der Waals surface area (Å²) in [5.74, 6) is 2.00. The molecule has 2 N–H and O–H groups in total. The molecule has 154 valence electrons. The van der Waals surface area contributed by atoms with Crippen LogP contribution in [0, 0.1) is 17.3 Å². The minimum Gasteiger partial charge on any atom is -0.377 e. The topological polar surface area (TPSA) is 66.0 Å². The summed E-state index contributed by atoms with van der Waals surface area (Å²) in [4.78, 5) is 18.3. The molecule has 1 aliphatic heterocycles. The third-order valence-electron chi connectivity index (χ3n) is 6.93. The van der Waals surface area contributed by atoms with Gasteiger partial charge >= 0.3 is 0 Å². The number of rotatable bonds is 4. The van der Waals surface area contributed by atoms with Crippen molar-refractivity contribution in [1.82, 2.24) is 15.5 Å². The first-order chi connectivity index (χ1) is 12.8. The van der Waals surface area contributed by atoms with Gasteiger partial charge in [0.2, 0.25) is 5.91 Å². The van der Waals surface area contributed by atoms with Gasteiger partial charge in [0.15, 0.2) is 5.96 Å². The Balaban J connectivity index is 1.70. The SMILES string of the molecule is CC1CCCCC1NC(=NCC(=O)N(C)C)NC1C2CCCOC2C1(C)C. The van der Waals surface area contributed by atoms with E-state index >= 15 is 0 Å². The van der Waals surface area contributed by atoms with Crippen LogP contribution in [0.4, 0.5) is 0 Å². The Morgan fingerprint density at radius 1 is 1.15 bits per heavy atom. The van der Waals surface area contributed by atoms with Crippen LogP contribution in [0.3, 0.4) is 0 Å². The van der Waals surface area contributed by atoms with Crippen molar-refractivity contribution < 1.29 is 9.53 Å². The number of ether oxygens (including phenoxy) is 1. The second kappa shape index (κ2) is 8.38. The van der Waals surface area contributed by atoms with Gasteiger partial charge in [0.05, 0.1) is 6.10 Å². The number of guanidine groups is 1. The smallest absolute Gasteiger partial charge is 0.243 e. The minimum atomic E-state index is 0.0274. The molecule has 0 aromatic carbocycles. The van der Waals surface area contributed by atoms with Gasteiger partial charge in [-0.2, -0.15) is 0 Å². The second-order valence-corrected chi connectivity index (χ2v) is 9.51. The first-order valence-corrected chi connectivity index (χ1v) is 10.7. The maximum absolute atomic E-state index is 12.1. The van der Waals surface area contributed by atoms with E-state index in [0.717, 1.165) is 19.0 Å². The third kappa shape index (κ3) is 4.41. The zero-order valence-corrected chi connectivity index (χ0v) is 17.8. The minimum absolute atomic E-state index is 0.0274. The molecular weight excluding hydrogens is 340 g/mol. The van der Waals surface area contributed by atoms with Crippen molar-refractivity contribution in [2.45, 2.75) is 77.5 Å². The molecule has 0 aromatic rings. The number of nitrogens with one attached hydrogen (secondary N) is 2. The molecule has 6 heteroatoms. The van der Waals surface area contributed by atoms with E-state index in [1.54, 1.807) is 19.0 Å². The average Bonchev–Trinajstić information content (AvgIpc) is 2.65. The first-order valence-electron chi connectivity index (χ1n) is 10.7. The highest BCUT2D eigenvalue weighted by molar-refractivity contribution is 5.85. The number of aliphatic imine (C=N–C) groups is 1. The highest BCUT2D eigenvalue weighted by Gasteiger charge is 2.58. The molecule has 0 spiro atoms. The van der Waals surface area contributed by atoms with E-state index in [0.29, 0.717) is 30.0 Å². The standard InChI is InChI=1S/C21H38N4O2/c1-14-9-6-7-11-16(14)23-20(22-13-17(26)25(4)5)24-18-15-10-8-12-27-19(15)21(18,2)3/h14-16,18-19H,6-13H2,1-5H3,(H2,22,23,24). The number of carbonyl (C=O) groups is 1. The Labute approximate surface area is 164 Å². The molecule has 2 aliphatic carbocycles. The third-order valence-corrected chi connectivity index (χ3v) is 6.93. The van der Waals surface area contributed by atoms with E-state index in [9.17, 15) is 4.79 Å². The molecular formula is C21H38N4O2. The molecule has 0 radical (unpaired) electrons. The van der Waals surface area contributed by atoms with Crippen LogP contribution in [0.5, 0.6) is 0 Å². The van der Waals surface area contributed by atoms with Crippen molar-refractivity contribution in [3.63, 3.8) is 0 Å². The molecule has 5 unspecified atom stereocenters. The fraction of sp³-hybridized carbons (Fsp3) is 0.905. The first kappa shape index (κ1) is 20.4. The van der Waals surface area contributed by atoms with Gasteiger partial charge in [-0.05, 0) is 31.6 Å². The monoisotopic (exact) mass is 378 g/mol. The molecule has 1 saturated heterocycles. The second-order valence-electron chi connectivity index (χ2n) is 9.51. The average molecular weight is 379 g/mol. The van der Waals surface area contributed by atoms with Crippen LogP contribution in [-0.4, -0.2) is 62.2 Å². The van der Waals surface area contributed by atoms with Gasteiger partial charge in [-0.1, -0.05) is 33.6 Å². The summed E-state index contributed by atoms with van der Waals surface area (Å²) in [5.41, 5.74) is 0.0806. The van der Waals surface area contributed by atoms with Crippen LogP contribution in [0.25, 0.3) is 0 Å². The Kier molecular flexibility index (Phi) is 6.34. The number of likely N-dealkylation sites (N-methyl/N-ethyl adjacent to an activating group) is 1. The molecule has 0 bridgehead atoms. The van der Waals surface area contributed by atoms with Gasteiger partial charge in [0.1, 0.15) is 6.54 Å². The molecule has 1 heterocycles. The summed E-state index contributed by atoms with van der Waals surface area (Å²) in [5, 5.41) is 7.35. The van der Waals surface area contributed by atoms with Crippen LogP contribution in [0.15, 0.2) is 4.99 Å². The van der Waals surface area contributed by atoms with Crippen LogP contribution >= 0.6 is 0 Å². The molecule has 2 saturated carbocycles. The molecule has 1 amide bonds. The van der Waals surface area contributed by atoms with Crippen LogP contribution < -0.4 is 10.6 Å². The number of amides is 1. The van der Waals surface area contributed by atoms with Crippen molar-refractivity contribution in [2.24, 2.45) is 22.2 Å². The lowest BCUT2D eigenvalue weighted by atomic mass is 9.55. The number of hydrogen-bond acceptors (Lipinski definition) is 3. The van der Waals surface area contributed by atoms with Crippen molar-refractivity contribution >= 4 is 11.9 Å². The fourth-order valence-electron chi connectivity index (χ4n) is 5.09. The lowest BCUT2D eigenvalue weighted by Gasteiger charge is -2.60. The molecule has 0 aromatic heterocycles. The Hall–Kier alpha value is -1.30. The predicted molar refractivity (Wildman–Crippen MR) is 109 cm³/mol. The van der Waals surface area contributed by atoms with Gasteiger partial charge in [-0.25, -0.2) is 4.99 Å². The van der Waals surface area contributed by atoms with Gasteiger partial charge < -0.3 is 20.3 Å². The summed E-state index contributed by atoms with van der Waals surface area (Å²) in [6, 6.07) is 0.767. The predicted octanol–water partition coefficient (Wildman–Crippen LogP) is 2.39. The van der Waals surface area contributed by atoms with Crippen molar-refractivity contribution in [3.05, 3.63) is 0 Å². The quantitative estimate of drug-likeness (QED) is 0.582. The largest absolute Gasteiger partial charge is 0.377 e. The van der Waals surface area contributed by atoms with Gasteiger partial charge in [0, 0.05) is 44.1 Å². The van der Waals surface area contributed by atoms with Crippen LogP contribution in [0.2, 0.25) is 0 Å². The van der Waals surface area contributed by atoms with Crippen molar-refractivity contribution in [2.75, 3.05) is 27.2 Å². The molecule has 27 heavy (non-hydrogen) atoms. The maximum atomic E-state index is 12.1. The fourth-order valence-corrected chi connectivity index (χ4v) is 5.09. The van der Waals surface area contributed by atoms with E-state index in [4.69, 9.17) is 4.74 Å². The van der Waals surface area contributed by atoms with E-state index in [2.05, 4.69) is 36.4 Å². The van der Waals surface area contributed by atoms with Gasteiger partial charge in [-0.3, -0.25) is 4.79 Å². The number of nitrogens with zero attached hydrogens (tertiary/aromatic N) is 2. The lowest BCUT2D eigenvalue weighted by Crippen LogP contribution is -2.71. The number of carbonyl (C=O) groups excluding carboxylic acids is 1. The summed E-state index contributed by atoms with van der Waals surface area (Å²) in [6.45, 7) is 7.94. The van der Waals surface area contributed by atoms with E-state index in [-0.39, 0.29) is 17.9 Å². The molecule has 3 fully saturated rings. The van der Waals surface area contributed by atoms with Gasteiger partial charge in [-0.15, -0.1) is 0 Å². The highest BCUT2D eigenvalue weighted by Crippen LogP contribution is 2.51. The number of fused-ring (bicyclic) bond motifs is 1. The zero-order chi connectivity index (χ0) is 19.6. The Morgan fingerprint density at radius 3 is 2.59 bits per heavy atom. The molecule has 3 aliphatic rings. The summed E-state index contributed by atoms with van der Waals surface area (Å²) in [6.07, 6.45) is 7.68. The summed E-state index contributed by atoms with van der Waals surface area (Å²) >= 11 is 0. The Bertz CT molecular complexity index is 560. The lowest BCUT2D eigenvalue weighted by molar-refractivity contribution is -0.188. The summed E-state index contributed by atoms with van der Waals surface area (Å²) < 4.78 is 6.04. The number of hydrogen-bond donors (Lipinski definition) is 2. The van der Waals surface area contributed by atoms with E-state index in [1.807, 2.05) is 0 Å².